The minimum absolute atomic E-state index is 0.0953. The van der Waals surface area contributed by atoms with Crippen molar-refractivity contribution in [1.29, 1.82) is 0 Å². The molecule has 2 heterocycles. The molecule has 0 amide bonds. The summed E-state index contributed by atoms with van der Waals surface area (Å²) < 4.78 is 6.48. The second-order valence-electron chi connectivity index (χ2n) is 6.57. The molecular formula is C19H21N3O3S2. The smallest absolute Gasteiger partial charge is 0.337 e. The molecule has 0 aliphatic rings. The fourth-order valence-corrected chi connectivity index (χ4v) is 4.31. The molecule has 3 aromatic rings. The third kappa shape index (κ3) is 4.39. The van der Waals surface area contributed by atoms with Crippen LogP contribution in [0.15, 0.2) is 33.5 Å². The maximum absolute atomic E-state index is 13.0. The van der Waals surface area contributed by atoms with Gasteiger partial charge in [-0.1, -0.05) is 25.6 Å². The van der Waals surface area contributed by atoms with Gasteiger partial charge in [-0.3, -0.25) is 9.36 Å². The van der Waals surface area contributed by atoms with Gasteiger partial charge in [-0.2, -0.15) is 0 Å². The number of esters is 1. The van der Waals surface area contributed by atoms with Gasteiger partial charge in [0.1, 0.15) is 0 Å². The highest BCUT2D eigenvalue weighted by Gasteiger charge is 2.15. The average molecular weight is 404 g/mol. The van der Waals surface area contributed by atoms with E-state index in [2.05, 4.69) is 23.8 Å². The molecule has 0 radical (unpaired) electrons. The Bertz CT molecular complexity index is 1040. The molecule has 6 nitrogen and oxygen atoms in total. The summed E-state index contributed by atoms with van der Waals surface area (Å²) in [5.41, 5.74) is 1.75. The zero-order valence-corrected chi connectivity index (χ0v) is 17.3. The van der Waals surface area contributed by atoms with Crippen molar-refractivity contribution in [3.8, 4) is 0 Å². The summed E-state index contributed by atoms with van der Waals surface area (Å²) in [6.45, 7) is 6.68. The van der Waals surface area contributed by atoms with E-state index in [1.54, 1.807) is 34.1 Å². The number of carbonyl (C=O) groups excluding carboxylic acids is 1. The standard InChI is InChI=1S/C19H21N3O3S2/c1-11(2)8-22-17(23)15-6-5-13(18(24)25-4)7-16(15)21-19(22)27-10-14-9-26-12(3)20-14/h5-7,9,11H,8,10H2,1-4H3. The van der Waals surface area contributed by atoms with Crippen molar-refractivity contribution in [3.05, 3.63) is 50.2 Å². The lowest BCUT2D eigenvalue weighted by Crippen LogP contribution is -2.25. The van der Waals surface area contributed by atoms with Crippen LogP contribution < -0.4 is 5.56 Å². The van der Waals surface area contributed by atoms with Crippen LogP contribution in [0.1, 0.15) is 34.9 Å². The molecule has 0 fully saturated rings. The van der Waals surface area contributed by atoms with Crippen LogP contribution in [0.4, 0.5) is 0 Å². The van der Waals surface area contributed by atoms with Gasteiger partial charge in [-0.05, 0) is 31.0 Å². The third-order valence-corrected chi connectivity index (χ3v) is 5.74. The highest BCUT2D eigenvalue weighted by Crippen LogP contribution is 2.24. The fraction of sp³-hybridized carbons (Fsp3) is 0.368. The van der Waals surface area contributed by atoms with Gasteiger partial charge in [0.05, 0.1) is 34.3 Å². The first kappa shape index (κ1) is 19.6. The van der Waals surface area contributed by atoms with Crippen LogP contribution in [-0.2, 0) is 17.0 Å². The number of hydrogen-bond acceptors (Lipinski definition) is 7. The molecule has 0 spiro atoms. The molecule has 2 aromatic heterocycles. The molecule has 3 rings (SSSR count). The van der Waals surface area contributed by atoms with Crippen molar-refractivity contribution in [2.24, 2.45) is 5.92 Å². The summed E-state index contributed by atoms with van der Waals surface area (Å²) in [7, 11) is 1.33. The van der Waals surface area contributed by atoms with Crippen molar-refractivity contribution in [2.75, 3.05) is 7.11 Å². The first-order chi connectivity index (χ1) is 12.9. The number of carbonyl (C=O) groups is 1. The molecule has 8 heteroatoms. The van der Waals surface area contributed by atoms with Gasteiger partial charge in [-0.15, -0.1) is 11.3 Å². The van der Waals surface area contributed by atoms with E-state index in [0.29, 0.717) is 39.8 Å². The number of rotatable bonds is 6. The van der Waals surface area contributed by atoms with E-state index in [9.17, 15) is 9.59 Å². The number of ether oxygens (including phenoxy) is 1. The number of benzene rings is 1. The van der Waals surface area contributed by atoms with Gasteiger partial charge in [0.2, 0.25) is 0 Å². The zero-order valence-electron chi connectivity index (χ0n) is 15.7. The van der Waals surface area contributed by atoms with Crippen LogP contribution in [0.25, 0.3) is 10.9 Å². The Morgan fingerprint density at radius 3 is 2.74 bits per heavy atom. The highest BCUT2D eigenvalue weighted by atomic mass is 32.2. The molecule has 142 valence electrons. The lowest BCUT2D eigenvalue weighted by atomic mass is 10.1. The number of methoxy groups -OCH3 is 1. The number of aromatic nitrogens is 3. The van der Waals surface area contributed by atoms with Gasteiger partial charge in [0.25, 0.3) is 5.56 Å². The summed E-state index contributed by atoms with van der Waals surface area (Å²) >= 11 is 3.09. The first-order valence-corrected chi connectivity index (χ1v) is 10.4. The molecule has 0 aliphatic carbocycles. The number of nitrogens with zero attached hydrogens (tertiary/aromatic N) is 3. The molecule has 27 heavy (non-hydrogen) atoms. The maximum Gasteiger partial charge on any atom is 0.337 e. The summed E-state index contributed by atoms with van der Waals surface area (Å²) in [4.78, 5) is 34.0. The maximum atomic E-state index is 13.0. The number of thioether (sulfide) groups is 1. The van der Waals surface area contributed by atoms with Crippen molar-refractivity contribution >= 4 is 40.0 Å². The summed E-state index contributed by atoms with van der Waals surface area (Å²) in [5, 5.41) is 4.16. The number of hydrogen-bond donors (Lipinski definition) is 0. The van der Waals surface area contributed by atoms with Crippen molar-refractivity contribution in [3.63, 3.8) is 0 Å². The Morgan fingerprint density at radius 2 is 2.11 bits per heavy atom. The van der Waals surface area contributed by atoms with Crippen LogP contribution in [-0.4, -0.2) is 27.6 Å². The molecule has 0 saturated heterocycles. The van der Waals surface area contributed by atoms with Crippen molar-refractivity contribution in [1.82, 2.24) is 14.5 Å². The predicted octanol–water partition coefficient (Wildman–Crippen LogP) is 3.90. The average Bonchev–Trinajstić information content (AvgIpc) is 3.06. The Balaban J connectivity index is 2.06. The van der Waals surface area contributed by atoms with Gasteiger partial charge < -0.3 is 4.74 Å². The minimum Gasteiger partial charge on any atom is -0.465 e. The third-order valence-electron chi connectivity index (χ3n) is 3.90. The molecule has 1 aromatic carbocycles. The van der Waals surface area contributed by atoms with E-state index < -0.39 is 5.97 Å². The molecule has 0 saturated carbocycles. The fourth-order valence-electron chi connectivity index (χ4n) is 2.69. The van der Waals surface area contributed by atoms with E-state index in [0.717, 1.165) is 10.7 Å². The number of fused-ring (bicyclic) bond motifs is 1. The molecule has 0 N–H and O–H groups in total. The molecule has 0 atom stereocenters. The van der Waals surface area contributed by atoms with Crippen molar-refractivity contribution < 1.29 is 9.53 Å². The largest absolute Gasteiger partial charge is 0.465 e. The Hall–Kier alpha value is -2.19. The van der Waals surface area contributed by atoms with E-state index >= 15 is 0 Å². The van der Waals surface area contributed by atoms with Crippen LogP contribution in [0.3, 0.4) is 0 Å². The quantitative estimate of drug-likeness (QED) is 0.353. The van der Waals surface area contributed by atoms with E-state index in [1.165, 1.54) is 18.9 Å². The predicted molar refractivity (Wildman–Crippen MR) is 109 cm³/mol. The number of thiazole rings is 1. The number of aryl methyl sites for hydroxylation is 1. The van der Waals surface area contributed by atoms with E-state index in [4.69, 9.17) is 4.74 Å². The first-order valence-electron chi connectivity index (χ1n) is 8.55. The van der Waals surface area contributed by atoms with Gasteiger partial charge in [-0.25, -0.2) is 14.8 Å². The molecular weight excluding hydrogens is 382 g/mol. The highest BCUT2D eigenvalue weighted by molar-refractivity contribution is 7.98. The monoisotopic (exact) mass is 403 g/mol. The Labute approximate surface area is 165 Å². The lowest BCUT2D eigenvalue weighted by Gasteiger charge is -2.15. The van der Waals surface area contributed by atoms with Crippen LogP contribution in [0.2, 0.25) is 0 Å². The van der Waals surface area contributed by atoms with Crippen molar-refractivity contribution in [2.45, 2.75) is 38.2 Å². The van der Waals surface area contributed by atoms with E-state index in [1.807, 2.05) is 12.3 Å². The lowest BCUT2D eigenvalue weighted by molar-refractivity contribution is 0.0601. The second-order valence-corrected chi connectivity index (χ2v) is 8.58. The van der Waals surface area contributed by atoms with Gasteiger partial charge >= 0.3 is 5.97 Å². The summed E-state index contributed by atoms with van der Waals surface area (Å²) in [5.74, 6) is 0.492. The van der Waals surface area contributed by atoms with Crippen LogP contribution in [0, 0.1) is 12.8 Å². The van der Waals surface area contributed by atoms with Crippen LogP contribution >= 0.6 is 23.1 Å². The van der Waals surface area contributed by atoms with Gasteiger partial charge in [0, 0.05) is 17.7 Å². The van der Waals surface area contributed by atoms with E-state index in [-0.39, 0.29) is 5.56 Å². The zero-order chi connectivity index (χ0) is 19.6. The molecule has 0 bridgehead atoms. The SMILES string of the molecule is COC(=O)c1ccc2c(=O)n(CC(C)C)c(SCc3csc(C)n3)nc2c1. The Kier molecular flexibility index (Phi) is 5.96. The second kappa shape index (κ2) is 8.22. The van der Waals surface area contributed by atoms with Crippen LogP contribution in [0.5, 0.6) is 0 Å². The molecule has 0 aliphatic heterocycles. The topological polar surface area (TPSA) is 74.1 Å². The summed E-state index contributed by atoms with van der Waals surface area (Å²) in [6.07, 6.45) is 0. The Morgan fingerprint density at radius 1 is 1.33 bits per heavy atom. The minimum atomic E-state index is -0.447. The normalized spacial score (nSPS) is 11.3. The molecule has 0 unspecified atom stereocenters. The van der Waals surface area contributed by atoms with Gasteiger partial charge in [0.15, 0.2) is 5.16 Å². The summed E-state index contributed by atoms with van der Waals surface area (Å²) in [6, 6.07) is 4.85.